The van der Waals surface area contributed by atoms with Crippen LogP contribution in [-0.2, 0) is 0 Å². The van der Waals surface area contributed by atoms with Gasteiger partial charge < -0.3 is 24.3 Å². The van der Waals surface area contributed by atoms with Crippen LogP contribution >= 0.6 is 0 Å². The summed E-state index contributed by atoms with van der Waals surface area (Å²) in [5, 5.41) is 5.71. The van der Waals surface area contributed by atoms with Crippen molar-refractivity contribution in [3.05, 3.63) is 90.6 Å². The third-order valence-corrected chi connectivity index (χ3v) is 5.86. The van der Waals surface area contributed by atoms with Gasteiger partial charge in [-0.3, -0.25) is 9.78 Å². The molecule has 0 saturated heterocycles. The molecule has 0 bridgehead atoms. The van der Waals surface area contributed by atoms with Gasteiger partial charge in [0.25, 0.3) is 5.91 Å². The Morgan fingerprint density at radius 1 is 0.694 bits per heavy atom. The molecule has 7 nitrogen and oxygen atoms in total. The molecular weight excluding hydrogens is 456 g/mol. The second-order valence-electron chi connectivity index (χ2n) is 8.04. The van der Waals surface area contributed by atoms with Gasteiger partial charge in [0.1, 0.15) is 17.2 Å². The maximum absolute atomic E-state index is 12.6. The molecule has 5 rings (SSSR count). The maximum Gasteiger partial charge on any atom is 0.255 e. The van der Waals surface area contributed by atoms with E-state index in [1.807, 2.05) is 54.6 Å². The van der Waals surface area contributed by atoms with E-state index in [4.69, 9.17) is 18.9 Å². The van der Waals surface area contributed by atoms with Crippen molar-refractivity contribution >= 4 is 33.3 Å². The van der Waals surface area contributed by atoms with Crippen molar-refractivity contribution in [1.29, 1.82) is 0 Å². The first-order valence-electron chi connectivity index (χ1n) is 11.3. The summed E-state index contributed by atoms with van der Waals surface area (Å²) in [6.45, 7) is 0. The first-order chi connectivity index (χ1) is 17.6. The highest BCUT2D eigenvalue weighted by Crippen LogP contribution is 2.37. The summed E-state index contributed by atoms with van der Waals surface area (Å²) in [6.07, 6.45) is 1.70. The van der Waals surface area contributed by atoms with E-state index < -0.39 is 0 Å². The molecule has 0 aliphatic carbocycles. The predicted molar refractivity (Wildman–Crippen MR) is 140 cm³/mol. The molecule has 36 heavy (non-hydrogen) atoms. The number of carbonyl (C=O) groups is 1. The second-order valence-corrected chi connectivity index (χ2v) is 8.04. The topological polar surface area (TPSA) is 78.9 Å². The average molecular weight is 481 g/mol. The lowest BCUT2D eigenvalue weighted by Gasteiger charge is -2.13. The smallest absolute Gasteiger partial charge is 0.255 e. The van der Waals surface area contributed by atoms with Gasteiger partial charge in [-0.25, -0.2) is 0 Å². The Morgan fingerprint density at radius 3 is 2.14 bits per heavy atom. The molecule has 0 atom stereocenters. The SMILES string of the molecule is COc1ccc(C(=O)Nc2ccc3cc(Oc4ccnc5cc(OC)c(OC)cc45)ccc3c2)cc1. The molecule has 0 saturated carbocycles. The Hall–Kier alpha value is -4.78. The van der Waals surface area contributed by atoms with E-state index in [2.05, 4.69) is 10.3 Å². The number of hydrogen-bond donors (Lipinski definition) is 1. The van der Waals surface area contributed by atoms with E-state index in [0.29, 0.717) is 40.0 Å². The number of ether oxygens (including phenoxy) is 4. The molecule has 0 aliphatic heterocycles. The van der Waals surface area contributed by atoms with Crippen molar-refractivity contribution in [3.63, 3.8) is 0 Å². The van der Waals surface area contributed by atoms with E-state index in [0.717, 1.165) is 21.7 Å². The van der Waals surface area contributed by atoms with Gasteiger partial charge in [-0.2, -0.15) is 0 Å². The number of nitrogens with one attached hydrogen (secondary N) is 1. The van der Waals surface area contributed by atoms with Crippen molar-refractivity contribution in [2.45, 2.75) is 0 Å². The monoisotopic (exact) mass is 480 g/mol. The normalized spacial score (nSPS) is 10.8. The molecule has 180 valence electrons. The number of anilines is 1. The average Bonchev–Trinajstić information content (AvgIpc) is 2.92. The molecule has 7 heteroatoms. The zero-order valence-electron chi connectivity index (χ0n) is 20.1. The van der Waals surface area contributed by atoms with E-state index in [1.165, 1.54) is 0 Å². The van der Waals surface area contributed by atoms with Crippen LogP contribution in [-0.4, -0.2) is 32.2 Å². The van der Waals surface area contributed by atoms with Crippen molar-refractivity contribution in [2.75, 3.05) is 26.6 Å². The van der Waals surface area contributed by atoms with Crippen molar-refractivity contribution in [3.8, 4) is 28.7 Å². The molecule has 0 radical (unpaired) electrons. The van der Waals surface area contributed by atoms with Gasteiger partial charge in [0, 0.05) is 28.9 Å². The number of pyridine rings is 1. The van der Waals surface area contributed by atoms with Crippen molar-refractivity contribution in [1.82, 2.24) is 4.98 Å². The van der Waals surface area contributed by atoms with E-state index in [9.17, 15) is 4.79 Å². The molecule has 1 heterocycles. The van der Waals surface area contributed by atoms with Crippen LogP contribution in [0.15, 0.2) is 85.1 Å². The van der Waals surface area contributed by atoms with Gasteiger partial charge in [0.15, 0.2) is 11.5 Å². The molecule has 0 spiro atoms. The van der Waals surface area contributed by atoms with Gasteiger partial charge >= 0.3 is 0 Å². The quantitative estimate of drug-likeness (QED) is 0.288. The Bertz CT molecular complexity index is 1560. The number of nitrogens with zero attached hydrogens (tertiary/aromatic N) is 1. The highest BCUT2D eigenvalue weighted by molar-refractivity contribution is 6.05. The zero-order chi connectivity index (χ0) is 25.1. The lowest BCUT2D eigenvalue weighted by molar-refractivity contribution is 0.102. The third kappa shape index (κ3) is 4.59. The molecule has 0 unspecified atom stereocenters. The van der Waals surface area contributed by atoms with E-state index in [-0.39, 0.29) is 5.91 Å². The molecule has 5 aromatic rings. The Labute approximate surface area is 208 Å². The summed E-state index contributed by atoms with van der Waals surface area (Å²) in [5.74, 6) is 3.06. The van der Waals surface area contributed by atoms with Gasteiger partial charge in [-0.1, -0.05) is 12.1 Å². The minimum absolute atomic E-state index is 0.186. The van der Waals surface area contributed by atoms with Crippen molar-refractivity contribution in [2.24, 2.45) is 0 Å². The molecular formula is C29H24N2O5. The lowest BCUT2D eigenvalue weighted by atomic mass is 10.1. The second kappa shape index (κ2) is 9.84. The lowest BCUT2D eigenvalue weighted by Crippen LogP contribution is -2.11. The van der Waals surface area contributed by atoms with Crippen LogP contribution in [0.25, 0.3) is 21.7 Å². The zero-order valence-corrected chi connectivity index (χ0v) is 20.1. The van der Waals surface area contributed by atoms with Crippen LogP contribution in [0.5, 0.6) is 28.7 Å². The summed E-state index contributed by atoms with van der Waals surface area (Å²) < 4.78 is 22.2. The number of hydrogen-bond acceptors (Lipinski definition) is 6. The number of amides is 1. The Kier molecular flexibility index (Phi) is 6.28. The summed E-state index contributed by atoms with van der Waals surface area (Å²) in [6, 6.07) is 24.0. The van der Waals surface area contributed by atoms with Gasteiger partial charge in [0.2, 0.25) is 0 Å². The van der Waals surface area contributed by atoms with Gasteiger partial charge in [-0.15, -0.1) is 0 Å². The van der Waals surface area contributed by atoms with E-state index in [1.54, 1.807) is 51.8 Å². The Balaban J connectivity index is 1.38. The minimum Gasteiger partial charge on any atom is -0.497 e. The molecule has 1 amide bonds. The fourth-order valence-electron chi connectivity index (χ4n) is 3.97. The van der Waals surface area contributed by atoms with Crippen LogP contribution in [0, 0.1) is 0 Å². The fraction of sp³-hybridized carbons (Fsp3) is 0.103. The first kappa shape index (κ1) is 23.0. The number of aromatic nitrogens is 1. The van der Waals surface area contributed by atoms with Crippen LogP contribution in [0.3, 0.4) is 0 Å². The fourth-order valence-corrected chi connectivity index (χ4v) is 3.97. The molecule has 4 aromatic carbocycles. The Morgan fingerprint density at radius 2 is 1.39 bits per heavy atom. The van der Waals surface area contributed by atoms with Crippen LogP contribution in [0.2, 0.25) is 0 Å². The molecule has 1 N–H and O–H groups in total. The van der Waals surface area contributed by atoms with Crippen LogP contribution < -0.4 is 24.3 Å². The number of carbonyl (C=O) groups excluding carboxylic acids is 1. The summed E-state index contributed by atoms with van der Waals surface area (Å²) in [4.78, 5) is 17.0. The molecule has 0 aliphatic rings. The highest BCUT2D eigenvalue weighted by atomic mass is 16.5. The van der Waals surface area contributed by atoms with Crippen LogP contribution in [0.1, 0.15) is 10.4 Å². The van der Waals surface area contributed by atoms with Crippen molar-refractivity contribution < 1.29 is 23.7 Å². The molecule has 1 aromatic heterocycles. The third-order valence-electron chi connectivity index (χ3n) is 5.86. The predicted octanol–water partition coefficient (Wildman–Crippen LogP) is 6.46. The first-order valence-corrected chi connectivity index (χ1v) is 11.3. The summed E-state index contributed by atoms with van der Waals surface area (Å²) >= 11 is 0. The van der Waals surface area contributed by atoms with Gasteiger partial charge in [-0.05, 0) is 71.4 Å². The summed E-state index contributed by atoms with van der Waals surface area (Å²) in [7, 11) is 4.78. The standard InChI is InChI=1S/C29H24N2O5/c1-33-22-9-5-18(6-10-22)29(32)31-21-8-4-20-15-23(11-7-19(20)14-21)36-26-12-13-30-25-17-28(35-3)27(34-2)16-24(25)26/h4-17H,1-3H3,(H,31,32). The summed E-state index contributed by atoms with van der Waals surface area (Å²) in [5.41, 5.74) is 2.00. The number of benzene rings is 4. The maximum atomic E-state index is 12.6. The largest absolute Gasteiger partial charge is 0.497 e. The highest BCUT2D eigenvalue weighted by Gasteiger charge is 2.12. The number of rotatable bonds is 7. The number of methoxy groups -OCH3 is 3. The minimum atomic E-state index is -0.186. The van der Waals surface area contributed by atoms with Gasteiger partial charge in [0.05, 0.1) is 26.8 Å². The number of fused-ring (bicyclic) bond motifs is 2. The van der Waals surface area contributed by atoms with E-state index >= 15 is 0 Å². The molecule has 0 fully saturated rings. The van der Waals surface area contributed by atoms with Crippen LogP contribution in [0.4, 0.5) is 5.69 Å².